The first-order valence-corrected chi connectivity index (χ1v) is 9.53. The number of anilines is 1. The van der Waals surface area contributed by atoms with E-state index in [4.69, 9.17) is 5.73 Å². The van der Waals surface area contributed by atoms with E-state index in [0.29, 0.717) is 11.3 Å². The molecule has 8 heteroatoms. The predicted octanol–water partition coefficient (Wildman–Crippen LogP) is 2.16. The van der Waals surface area contributed by atoms with Crippen molar-refractivity contribution in [3.63, 3.8) is 0 Å². The quantitative estimate of drug-likeness (QED) is 0.668. The van der Waals surface area contributed by atoms with Crippen LogP contribution in [-0.2, 0) is 9.59 Å². The number of nitrogens with one attached hydrogen (secondary N) is 2. The van der Waals surface area contributed by atoms with Crippen LogP contribution in [0.4, 0.5) is 5.69 Å². The summed E-state index contributed by atoms with van der Waals surface area (Å²) < 4.78 is 0. The third kappa shape index (κ3) is 6.49. The summed E-state index contributed by atoms with van der Waals surface area (Å²) in [5.41, 5.74) is 6.92. The summed E-state index contributed by atoms with van der Waals surface area (Å²) >= 11 is 0. The monoisotopic (exact) mass is 410 g/mol. The minimum Gasteiger partial charge on any atom is -0.346 e. The Balaban J connectivity index is 0.00000392. The number of nitrogens with zero attached hydrogens (tertiary/aromatic N) is 1. The number of hydrogen-bond donors (Lipinski definition) is 3. The van der Waals surface area contributed by atoms with E-state index in [9.17, 15) is 14.4 Å². The summed E-state index contributed by atoms with van der Waals surface area (Å²) in [6.45, 7) is 6.41. The van der Waals surface area contributed by atoms with Gasteiger partial charge < -0.3 is 21.3 Å². The standard InChI is InChI=1S/C20H30N4O3.ClH/c1-13(2)18(21)19(26)22-12-17(25)23-16-9-7-15(8-10-16)20(27)24-11-5-4-6-14(24)3;/h7-10,13-14,18H,4-6,11-12,21H2,1-3H3,(H,22,26)(H,23,25);1H/t14?,18-;/m0./s1. The van der Waals surface area contributed by atoms with Crippen LogP contribution >= 0.6 is 12.4 Å². The molecule has 1 heterocycles. The summed E-state index contributed by atoms with van der Waals surface area (Å²) in [5.74, 6) is -0.671. The maximum Gasteiger partial charge on any atom is 0.254 e. The lowest BCUT2D eigenvalue weighted by molar-refractivity contribution is -0.125. The van der Waals surface area contributed by atoms with Crippen molar-refractivity contribution in [3.05, 3.63) is 29.8 Å². The Bertz CT molecular complexity index is 679. The average Bonchev–Trinajstić information content (AvgIpc) is 2.66. The van der Waals surface area contributed by atoms with Crippen LogP contribution in [0.15, 0.2) is 24.3 Å². The van der Waals surface area contributed by atoms with Gasteiger partial charge in [-0.2, -0.15) is 0 Å². The lowest BCUT2D eigenvalue weighted by atomic mass is 10.0. The number of nitrogens with two attached hydrogens (primary N) is 1. The van der Waals surface area contributed by atoms with E-state index in [0.717, 1.165) is 25.8 Å². The average molecular weight is 411 g/mol. The number of halogens is 1. The lowest BCUT2D eigenvalue weighted by Gasteiger charge is -2.33. The second-order valence-electron chi connectivity index (χ2n) is 7.46. The molecule has 7 nitrogen and oxygen atoms in total. The van der Waals surface area contributed by atoms with Gasteiger partial charge in [-0.05, 0) is 56.4 Å². The first-order chi connectivity index (χ1) is 12.8. The van der Waals surface area contributed by atoms with E-state index in [-0.39, 0.29) is 48.6 Å². The Kier molecular flexibility index (Phi) is 9.41. The molecule has 2 atom stereocenters. The Morgan fingerprint density at radius 3 is 2.39 bits per heavy atom. The fourth-order valence-electron chi connectivity index (χ4n) is 3.05. The minimum absolute atomic E-state index is 0. The van der Waals surface area contributed by atoms with Crippen molar-refractivity contribution < 1.29 is 14.4 Å². The highest BCUT2D eigenvalue weighted by molar-refractivity contribution is 5.97. The molecule has 3 amide bonds. The highest BCUT2D eigenvalue weighted by atomic mass is 35.5. The summed E-state index contributed by atoms with van der Waals surface area (Å²) in [7, 11) is 0. The molecule has 1 aromatic rings. The summed E-state index contributed by atoms with van der Waals surface area (Å²) in [5, 5.41) is 5.23. The van der Waals surface area contributed by atoms with Crippen molar-refractivity contribution in [2.24, 2.45) is 11.7 Å². The lowest BCUT2D eigenvalue weighted by Crippen LogP contribution is -2.46. The molecule has 1 aliphatic heterocycles. The molecular weight excluding hydrogens is 380 g/mol. The van der Waals surface area contributed by atoms with Gasteiger partial charge in [0, 0.05) is 23.8 Å². The molecule has 0 saturated carbocycles. The molecule has 0 bridgehead atoms. The van der Waals surface area contributed by atoms with Gasteiger partial charge in [-0.15, -0.1) is 12.4 Å². The Labute approximate surface area is 172 Å². The van der Waals surface area contributed by atoms with Crippen LogP contribution in [0.25, 0.3) is 0 Å². The van der Waals surface area contributed by atoms with E-state index < -0.39 is 6.04 Å². The highest BCUT2D eigenvalue weighted by Gasteiger charge is 2.24. The molecule has 0 aromatic heterocycles. The fourth-order valence-corrected chi connectivity index (χ4v) is 3.05. The van der Waals surface area contributed by atoms with Crippen LogP contribution in [0.1, 0.15) is 50.4 Å². The molecule has 28 heavy (non-hydrogen) atoms. The number of benzene rings is 1. The third-order valence-electron chi connectivity index (χ3n) is 4.92. The van der Waals surface area contributed by atoms with Gasteiger partial charge in [0.1, 0.15) is 0 Å². The van der Waals surface area contributed by atoms with Gasteiger partial charge in [-0.1, -0.05) is 13.8 Å². The van der Waals surface area contributed by atoms with Gasteiger partial charge in [-0.25, -0.2) is 0 Å². The van der Waals surface area contributed by atoms with Crippen LogP contribution < -0.4 is 16.4 Å². The van der Waals surface area contributed by atoms with Crippen LogP contribution in [-0.4, -0.2) is 47.8 Å². The largest absolute Gasteiger partial charge is 0.346 e. The molecule has 1 saturated heterocycles. The number of carbonyl (C=O) groups is 3. The Morgan fingerprint density at radius 2 is 1.82 bits per heavy atom. The topological polar surface area (TPSA) is 105 Å². The number of likely N-dealkylation sites (tertiary alicyclic amines) is 1. The summed E-state index contributed by atoms with van der Waals surface area (Å²) in [6, 6.07) is 6.44. The second-order valence-corrected chi connectivity index (χ2v) is 7.46. The van der Waals surface area contributed by atoms with Crippen LogP contribution in [0.5, 0.6) is 0 Å². The molecule has 2 rings (SSSR count). The smallest absolute Gasteiger partial charge is 0.254 e. The maximum absolute atomic E-state index is 12.6. The van der Waals surface area contributed by atoms with E-state index in [2.05, 4.69) is 17.6 Å². The zero-order valence-corrected chi connectivity index (χ0v) is 17.6. The molecule has 1 unspecified atom stereocenters. The number of carbonyl (C=O) groups excluding carboxylic acids is 3. The van der Waals surface area contributed by atoms with Gasteiger partial charge in [0.25, 0.3) is 5.91 Å². The zero-order chi connectivity index (χ0) is 20.0. The van der Waals surface area contributed by atoms with Crippen LogP contribution in [0.3, 0.4) is 0 Å². The van der Waals surface area contributed by atoms with Gasteiger partial charge in [0.15, 0.2) is 0 Å². The third-order valence-corrected chi connectivity index (χ3v) is 4.92. The molecular formula is C20H31ClN4O3. The first kappa shape index (κ1) is 23.9. The normalized spacial score (nSPS) is 17.5. The summed E-state index contributed by atoms with van der Waals surface area (Å²) in [4.78, 5) is 38.3. The fraction of sp³-hybridized carbons (Fsp3) is 0.550. The maximum atomic E-state index is 12.6. The van der Waals surface area contributed by atoms with Gasteiger partial charge in [0.2, 0.25) is 11.8 Å². The van der Waals surface area contributed by atoms with Crippen molar-refractivity contribution in [1.29, 1.82) is 0 Å². The van der Waals surface area contributed by atoms with Crippen molar-refractivity contribution >= 4 is 35.8 Å². The van der Waals surface area contributed by atoms with Crippen molar-refractivity contribution in [3.8, 4) is 0 Å². The second kappa shape index (κ2) is 11.0. The number of hydrogen-bond acceptors (Lipinski definition) is 4. The van der Waals surface area contributed by atoms with Crippen molar-refractivity contribution in [2.75, 3.05) is 18.4 Å². The molecule has 156 valence electrons. The van der Waals surface area contributed by atoms with Gasteiger partial charge >= 0.3 is 0 Å². The van der Waals surface area contributed by atoms with Crippen LogP contribution in [0, 0.1) is 5.92 Å². The molecule has 4 N–H and O–H groups in total. The number of rotatable bonds is 6. The van der Waals surface area contributed by atoms with E-state index >= 15 is 0 Å². The summed E-state index contributed by atoms with van der Waals surface area (Å²) in [6.07, 6.45) is 3.23. The zero-order valence-electron chi connectivity index (χ0n) is 16.7. The molecule has 0 radical (unpaired) electrons. The first-order valence-electron chi connectivity index (χ1n) is 9.53. The molecule has 1 aliphatic rings. The molecule has 0 aliphatic carbocycles. The number of amides is 3. The van der Waals surface area contributed by atoms with Crippen LogP contribution in [0.2, 0.25) is 0 Å². The number of piperidine rings is 1. The SMILES string of the molecule is CC(C)[C@H](N)C(=O)NCC(=O)Nc1ccc(C(=O)N2CCCCC2C)cc1.Cl. The predicted molar refractivity (Wildman–Crippen MR) is 112 cm³/mol. The van der Waals surface area contributed by atoms with E-state index in [1.165, 1.54) is 0 Å². The molecule has 1 fully saturated rings. The van der Waals surface area contributed by atoms with Gasteiger partial charge in [-0.3, -0.25) is 14.4 Å². The molecule has 0 spiro atoms. The van der Waals surface area contributed by atoms with Gasteiger partial charge in [0.05, 0.1) is 12.6 Å². The minimum atomic E-state index is -0.639. The van der Waals surface area contributed by atoms with Crippen molar-refractivity contribution in [1.82, 2.24) is 10.2 Å². The van der Waals surface area contributed by atoms with E-state index in [1.807, 2.05) is 18.7 Å². The Morgan fingerprint density at radius 1 is 1.18 bits per heavy atom. The highest BCUT2D eigenvalue weighted by Crippen LogP contribution is 2.20. The van der Waals surface area contributed by atoms with E-state index in [1.54, 1.807) is 24.3 Å². The molecule has 1 aromatic carbocycles. The van der Waals surface area contributed by atoms with Crippen molar-refractivity contribution in [2.45, 2.75) is 52.1 Å². The Hall–Kier alpha value is -2.12.